The van der Waals surface area contributed by atoms with Gasteiger partial charge in [-0.15, -0.1) is 0 Å². The second-order valence-electron chi connectivity index (χ2n) is 5.02. The van der Waals surface area contributed by atoms with Gasteiger partial charge in [-0.2, -0.15) is 0 Å². The zero-order chi connectivity index (χ0) is 14.8. The highest BCUT2D eigenvalue weighted by molar-refractivity contribution is 5.68. The first-order valence-electron chi connectivity index (χ1n) is 6.76. The van der Waals surface area contributed by atoms with Crippen molar-refractivity contribution in [3.8, 4) is 5.75 Å². The minimum absolute atomic E-state index is 0.145. The molecule has 0 aliphatic carbocycles. The summed E-state index contributed by atoms with van der Waals surface area (Å²) in [6.07, 6.45) is 0.309. The molecule has 2 rings (SSSR count). The lowest BCUT2D eigenvalue weighted by Gasteiger charge is -2.27. The van der Waals surface area contributed by atoms with Crippen molar-refractivity contribution in [3.63, 3.8) is 0 Å². The summed E-state index contributed by atoms with van der Waals surface area (Å²) in [6.45, 7) is 4.80. The number of aliphatic hydroxyl groups is 1. The number of hydrogen-bond acceptors (Lipinski definition) is 5. The van der Waals surface area contributed by atoms with Crippen molar-refractivity contribution in [2.75, 3.05) is 30.8 Å². The fraction of sp³-hybridized carbons (Fsp3) is 0.571. The van der Waals surface area contributed by atoms with E-state index in [0.29, 0.717) is 25.3 Å². The molecule has 0 saturated carbocycles. The van der Waals surface area contributed by atoms with Gasteiger partial charge in [0, 0.05) is 31.7 Å². The molecule has 2 unspecified atom stereocenters. The van der Waals surface area contributed by atoms with Gasteiger partial charge in [0.15, 0.2) is 11.6 Å². The molecular weight excluding hydrogens is 263 g/mol. The molecule has 2 atom stereocenters. The van der Waals surface area contributed by atoms with E-state index in [2.05, 4.69) is 5.32 Å². The molecular formula is C14H21FN2O3. The van der Waals surface area contributed by atoms with Gasteiger partial charge in [-0.1, -0.05) is 0 Å². The maximum Gasteiger partial charge on any atom is 0.167 e. The Labute approximate surface area is 117 Å². The van der Waals surface area contributed by atoms with Crippen LogP contribution in [0.4, 0.5) is 15.8 Å². The van der Waals surface area contributed by atoms with Crippen LogP contribution in [0.25, 0.3) is 0 Å². The van der Waals surface area contributed by atoms with Crippen LogP contribution in [0.15, 0.2) is 12.1 Å². The minimum Gasteiger partial charge on any atom is -0.491 e. The van der Waals surface area contributed by atoms with Crippen molar-refractivity contribution in [2.45, 2.75) is 32.0 Å². The average molecular weight is 284 g/mol. The lowest BCUT2D eigenvalue weighted by atomic mass is 9.96. The Balaban J connectivity index is 2.11. The summed E-state index contributed by atoms with van der Waals surface area (Å²) in [6, 6.07) is 2.73. The standard InChI is InChI=1S/C14H21FN2O3/c1-3-19-13-7-12(11(16)6-10(13)15)17-8-14(18)4-5-20-9(14)2/h6-7,9,17-18H,3-5,8,16H2,1-2H3. The zero-order valence-corrected chi connectivity index (χ0v) is 11.8. The van der Waals surface area contributed by atoms with Crippen LogP contribution >= 0.6 is 0 Å². The number of nitrogens with one attached hydrogen (secondary N) is 1. The van der Waals surface area contributed by atoms with Gasteiger partial charge >= 0.3 is 0 Å². The Bertz CT molecular complexity index is 484. The van der Waals surface area contributed by atoms with Crippen LogP contribution in [-0.2, 0) is 4.74 Å². The fourth-order valence-corrected chi connectivity index (χ4v) is 2.24. The maximum absolute atomic E-state index is 13.6. The Morgan fingerprint density at radius 2 is 2.35 bits per heavy atom. The Morgan fingerprint density at radius 3 is 2.95 bits per heavy atom. The van der Waals surface area contributed by atoms with Crippen molar-refractivity contribution >= 4 is 11.4 Å². The topological polar surface area (TPSA) is 76.7 Å². The van der Waals surface area contributed by atoms with Crippen LogP contribution in [0.3, 0.4) is 0 Å². The van der Waals surface area contributed by atoms with Crippen LogP contribution in [0.5, 0.6) is 5.75 Å². The largest absolute Gasteiger partial charge is 0.491 e. The highest BCUT2D eigenvalue weighted by Crippen LogP contribution is 2.31. The van der Waals surface area contributed by atoms with Gasteiger partial charge in [0.2, 0.25) is 0 Å². The molecule has 20 heavy (non-hydrogen) atoms. The Kier molecular flexibility index (Phi) is 4.35. The number of ether oxygens (including phenoxy) is 2. The van der Waals surface area contributed by atoms with E-state index in [9.17, 15) is 9.50 Å². The van der Waals surface area contributed by atoms with Gasteiger partial charge in [-0.05, 0) is 13.8 Å². The van der Waals surface area contributed by atoms with E-state index in [4.69, 9.17) is 15.2 Å². The van der Waals surface area contributed by atoms with Crippen LogP contribution < -0.4 is 15.8 Å². The molecule has 1 aliphatic heterocycles. The third kappa shape index (κ3) is 2.96. The highest BCUT2D eigenvalue weighted by atomic mass is 19.1. The van der Waals surface area contributed by atoms with E-state index in [1.807, 2.05) is 6.92 Å². The second kappa shape index (κ2) is 5.85. The third-order valence-electron chi connectivity index (χ3n) is 3.65. The molecule has 0 amide bonds. The molecule has 5 nitrogen and oxygen atoms in total. The predicted molar refractivity (Wildman–Crippen MR) is 75.5 cm³/mol. The third-order valence-corrected chi connectivity index (χ3v) is 3.65. The number of hydrogen-bond donors (Lipinski definition) is 3. The molecule has 0 aromatic heterocycles. The van der Waals surface area contributed by atoms with Crippen molar-refractivity contribution in [1.29, 1.82) is 0 Å². The molecule has 0 bridgehead atoms. The van der Waals surface area contributed by atoms with Gasteiger partial charge < -0.3 is 25.6 Å². The number of nitrogens with two attached hydrogens (primary N) is 1. The maximum atomic E-state index is 13.6. The number of benzene rings is 1. The molecule has 1 aliphatic rings. The smallest absolute Gasteiger partial charge is 0.167 e. The molecule has 1 aromatic rings. The summed E-state index contributed by atoms with van der Waals surface area (Å²) in [5.74, 6) is -0.349. The van der Waals surface area contributed by atoms with Gasteiger partial charge in [-0.25, -0.2) is 4.39 Å². The fourth-order valence-electron chi connectivity index (χ4n) is 2.24. The van der Waals surface area contributed by atoms with E-state index < -0.39 is 11.4 Å². The Morgan fingerprint density at radius 1 is 1.60 bits per heavy atom. The van der Waals surface area contributed by atoms with E-state index in [-0.39, 0.29) is 24.1 Å². The van der Waals surface area contributed by atoms with Crippen LogP contribution in [0, 0.1) is 5.82 Å². The molecule has 4 N–H and O–H groups in total. The average Bonchev–Trinajstić information content (AvgIpc) is 2.72. The van der Waals surface area contributed by atoms with Crippen LogP contribution in [-0.4, -0.2) is 36.6 Å². The summed E-state index contributed by atoms with van der Waals surface area (Å²) in [5.41, 5.74) is 5.66. The number of nitrogen functional groups attached to an aromatic ring is 1. The van der Waals surface area contributed by atoms with Gasteiger partial charge in [0.05, 0.1) is 24.1 Å². The van der Waals surface area contributed by atoms with Gasteiger partial charge in [-0.3, -0.25) is 0 Å². The molecule has 112 valence electrons. The van der Waals surface area contributed by atoms with E-state index in [1.54, 1.807) is 6.92 Å². The predicted octanol–water partition coefficient (Wildman–Crippen LogP) is 1.76. The quantitative estimate of drug-likeness (QED) is 0.718. The summed E-state index contributed by atoms with van der Waals surface area (Å²) < 4.78 is 24.1. The summed E-state index contributed by atoms with van der Waals surface area (Å²) in [4.78, 5) is 0. The van der Waals surface area contributed by atoms with Crippen molar-refractivity contribution < 1.29 is 19.0 Å². The number of halogens is 1. The van der Waals surface area contributed by atoms with Crippen molar-refractivity contribution in [3.05, 3.63) is 17.9 Å². The minimum atomic E-state index is -0.938. The molecule has 1 fully saturated rings. The van der Waals surface area contributed by atoms with Crippen LogP contribution in [0.1, 0.15) is 20.3 Å². The van der Waals surface area contributed by atoms with Crippen molar-refractivity contribution in [1.82, 2.24) is 0 Å². The number of rotatable bonds is 5. The molecule has 6 heteroatoms. The first-order valence-corrected chi connectivity index (χ1v) is 6.76. The van der Waals surface area contributed by atoms with Crippen molar-refractivity contribution in [2.24, 2.45) is 0 Å². The zero-order valence-electron chi connectivity index (χ0n) is 11.8. The molecule has 1 saturated heterocycles. The first-order chi connectivity index (χ1) is 9.46. The number of anilines is 2. The lowest BCUT2D eigenvalue weighted by molar-refractivity contribution is -0.0175. The second-order valence-corrected chi connectivity index (χ2v) is 5.02. The highest BCUT2D eigenvalue weighted by Gasteiger charge is 2.39. The van der Waals surface area contributed by atoms with Gasteiger partial charge in [0.25, 0.3) is 0 Å². The van der Waals surface area contributed by atoms with E-state index in [0.717, 1.165) is 0 Å². The van der Waals surface area contributed by atoms with Gasteiger partial charge in [0.1, 0.15) is 5.60 Å². The first kappa shape index (κ1) is 14.9. The van der Waals surface area contributed by atoms with E-state index >= 15 is 0 Å². The molecule has 1 aromatic carbocycles. The summed E-state index contributed by atoms with van der Waals surface area (Å²) in [5, 5.41) is 13.5. The normalized spacial score (nSPS) is 25.7. The summed E-state index contributed by atoms with van der Waals surface area (Å²) in [7, 11) is 0. The Hall–Kier alpha value is -1.53. The SMILES string of the molecule is CCOc1cc(NCC2(O)CCOC2C)c(N)cc1F. The summed E-state index contributed by atoms with van der Waals surface area (Å²) >= 11 is 0. The monoisotopic (exact) mass is 284 g/mol. The molecule has 0 radical (unpaired) electrons. The van der Waals surface area contributed by atoms with Crippen LogP contribution in [0.2, 0.25) is 0 Å². The molecule has 0 spiro atoms. The lowest BCUT2D eigenvalue weighted by Crippen LogP contribution is -2.43. The molecule has 1 heterocycles. The van der Waals surface area contributed by atoms with E-state index in [1.165, 1.54) is 12.1 Å².